The smallest absolute Gasteiger partial charge is 0.0648 e. The zero-order valence-corrected chi connectivity index (χ0v) is 11.1. The molecular weight excluding hydrogens is 172 g/mol. The van der Waals surface area contributed by atoms with Gasteiger partial charge in [-0.3, -0.25) is 0 Å². The lowest BCUT2D eigenvalue weighted by molar-refractivity contribution is -0.0294. The van der Waals surface area contributed by atoms with E-state index in [4.69, 9.17) is 4.74 Å². The predicted molar refractivity (Wildman–Crippen MR) is 63.5 cm³/mol. The molecular formula is C13H28O. The first-order valence-electron chi connectivity index (χ1n) is 5.84. The van der Waals surface area contributed by atoms with Crippen LogP contribution in [0.2, 0.25) is 0 Å². The van der Waals surface area contributed by atoms with Crippen LogP contribution in [0.1, 0.15) is 54.4 Å². The topological polar surface area (TPSA) is 9.23 Å². The van der Waals surface area contributed by atoms with Crippen LogP contribution in [-0.4, -0.2) is 12.7 Å². The third kappa shape index (κ3) is 4.99. The molecule has 0 saturated carbocycles. The van der Waals surface area contributed by atoms with E-state index >= 15 is 0 Å². The summed E-state index contributed by atoms with van der Waals surface area (Å²) >= 11 is 0. The SMILES string of the molecule is COC(C)(C)[C@H](C)C[C@H](C)CC(C)C. The summed E-state index contributed by atoms with van der Waals surface area (Å²) in [6, 6.07) is 0. The second-order valence-electron chi connectivity index (χ2n) is 5.68. The van der Waals surface area contributed by atoms with Crippen LogP contribution in [0.3, 0.4) is 0 Å². The van der Waals surface area contributed by atoms with Crippen molar-refractivity contribution in [2.24, 2.45) is 17.8 Å². The quantitative estimate of drug-likeness (QED) is 0.626. The Balaban J connectivity index is 3.99. The first-order valence-corrected chi connectivity index (χ1v) is 5.84. The highest BCUT2D eigenvalue weighted by molar-refractivity contribution is 4.77. The first-order chi connectivity index (χ1) is 6.29. The van der Waals surface area contributed by atoms with Crippen molar-refractivity contribution in [3.05, 3.63) is 0 Å². The summed E-state index contributed by atoms with van der Waals surface area (Å²) in [5.74, 6) is 2.24. The van der Waals surface area contributed by atoms with E-state index in [0.29, 0.717) is 5.92 Å². The van der Waals surface area contributed by atoms with Crippen LogP contribution < -0.4 is 0 Å². The molecule has 0 aliphatic heterocycles. The van der Waals surface area contributed by atoms with Crippen LogP contribution in [0.15, 0.2) is 0 Å². The Morgan fingerprint density at radius 2 is 1.50 bits per heavy atom. The zero-order chi connectivity index (χ0) is 11.4. The highest BCUT2D eigenvalue weighted by Crippen LogP contribution is 2.28. The third-order valence-electron chi connectivity index (χ3n) is 3.34. The second-order valence-corrected chi connectivity index (χ2v) is 5.68. The van der Waals surface area contributed by atoms with Gasteiger partial charge in [-0.15, -0.1) is 0 Å². The van der Waals surface area contributed by atoms with Gasteiger partial charge in [-0.25, -0.2) is 0 Å². The summed E-state index contributed by atoms with van der Waals surface area (Å²) in [6.45, 7) is 13.6. The van der Waals surface area contributed by atoms with E-state index < -0.39 is 0 Å². The summed E-state index contributed by atoms with van der Waals surface area (Å²) in [7, 11) is 1.81. The van der Waals surface area contributed by atoms with Crippen molar-refractivity contribution in [2.75, 3.05) is 7.11 Å². The molecule has 1 heteroatoms. The summed E-state index contributed by atoms with van der Waals surface area (Å²) < 4.78 is 5.51. The molecule has 0 amide bonds. The minimum atomic E-state index is 0.0191. The Morgan fingerprint density at radius 1 is 1.00 bits per heavy atom. The van der Waals surface area contributed by atoms with Crippen molar-refractivity contribution in [1.29, 1.82) is 0 Å². The standard InChI is InChI=1S/C13H28O/c1-10(2)8-11(3)9-12(4)13(5,6)14-7/h10-12H,8-9H2,1-7H3/t11-,12-/m1/s1. The minimum absolute atomic E-state index is 0.0191. The molecule has 0 rings (SSSR count). The van der Waals surface area contributed by atoms with E-state index in [1.807, 2.05) is 7.11 Å². The maximum absolute atomic E-state index is 5.51. The normalized spacial score (nSPS) is 17.1. The summed E-state index contributed by atoms with van der Waals surface area (Å²) in [5, 5.41) is 0. The number of methoxy groups -OCH3 is 1. The molecule has 1 nitrogen and oxygen atoms in total. The molecule has 86 valence electrons. The number of hydrogen-bond acceptors (Lipinski definition) is 1. The highest BCUT2D eigenvalue weighted by Gasteiger charge is 2.26. The van der Waals surface area contributed by atoms with Crippen LogP contribution >= 0.6 is 0 Å². The van der Waals surface area contributed by atoms with Crippen LogP contribution in [-0.2, 0) is 4.74 Å². The fraction of sp³-hybridized carbons (Fsp3) is 1.00. The first kappa shape index (κ1) is 14.0. The summed E-state index contributed by atoms with van der Waals surface area (Å²) in [6.07, 6.45) is 2.59. The Kier molecular flexibility index (Phi) is 5.73. The van der Waals surface area contributed by atoms with Crippen molar-refractivity contribution in [3.63, 3.8) is 0 Å². The second kappa shape index (κ2) is 5.75. The predicted octanol–water partition coefficient (Wildman–Crippen LogP) is 4.12. The molecule has 0 aromatic carbocycles. The monoisotopic (exact) mass is 200 g/mol. The minimum Gasteiger partial charge on any atom is -0.379 e. The van der Waals surface area contributed by atoms with Crippen molar-refractivity contribution in [2.45, 2.75) is 60.0 Å². The number of hydrogen-bond donors (Lipinski definition) is 0. The summed E-state index contributed by atoms with van der Waals surface area (Å²) in [5.41, 5.74) is 0.0191. The highest BCUT2D eigenvalue weighted by atomic mass is 16.5. The molecule has 2 atom stereocenters. The van der Waals surface area contributed by atoms with E-state index in [9.17, 15) is 0 Å². The Labute approximate surface area is 90.2 Å². The third-order valence-corrected chi connectivity index (χ3v) is 3.34. The zero-order valence-electron chi connectivity index (χ0n) is 11.1. The molecule has 0 heterocycles. The van der Waals surface area contributed by atoms with Gasteiger partial charge in [-0.2, -0.15) is 0 Å². The molecule has 0 aromatic heterocycles. The van der Waals surface area contributed by atoms with Crippen molar-refractivity contribution in [3.8, 4) is 0 Å². The molecule has 0 aliphatic carbocycles. The maximum atomic E-state index is 5.51. The van der Waals surface area contributed by atoms with Gasteiger partial charge in [0.1, 0.15) is 0 Å². The van der Waals surface area contributed by atoms with Crippen LogP contribution in [0.5, 0.6) is 0 Å². The molecule has 0 bridgehead atoms. The lowest BCUT2D eigenvalue weighted by Gasteiger charge is -2.32. The number of ether oxygens (including phenoxy) is 1. The largest absolute Gasteiger partial charge is 0.379 e. The molecule has 0 spiro atoms. The summed E-state index contributed by atoms with van der Waals surface area (Å²) in [4.78, 5) is 0. The van der Waals surface area contributed by atoms with Crippen molar-refractivity contribution >= 4 is 0 Å². The van der Waals surface area contributed by atoms with Gasteiger partial charge >= 0.3 is 0 Å². The van der Waals surface area contributed by atoms with E-state index in [1.165, 1.54) is 12.8 Å². The van der Waals surface area contributed by atoms with Gasteiger partial charge in [0.15, 0.2) is 0 Å². The molecule has 0 unspecified atom stereocenters. The Bertz CT molecular complexity index is 149. The fourth-order valence-electron chi connectivity index (χ4n) is 1.99. The molecule has 0 radical (unpaired) electrons. The van der Waals surface area contributed by atoms with Gasteiger partial charge in [0.2, 0.25) is 0 Å². The molecule has 0 fully saturated rings. The van der Waals surface area contributed by atoms with Crippen LogP contribution in [0, 0.1) is 17.8 Å². The molecule has 0 aliphatic rings. The number of rotatable bonds is 6. The van der Waals surface area contributed by atoms with Gasteiger partial charge in [0, 0.05) is 7.11 Å². The van der Waals surface area contributed by atoms with E-state index in [2.05, 4.69) is 41.5 Å². The van der Waals surface area contributed by atoms with E-state index in [1.54, 1.807) is 0 Å². The molecule has 0 aromatic rings. The van der Waals surface area contributed by atoms with Crippen molar-refractivity contribution in [1.82, 2.24) is 0 Å². The lowest BCUT2D eigenvalue weighted by Crippen LogP contribution is -2.32. The van der Waals surface area contributed by atoms with Gasteiger partial charge in [-0.05, 0) is 44.4 Å². The fourth-order valence-corrected chi connectivity index (χ4v) is 1.99. The van der Waals surface area contributed by atoms with Crippen LogP contribution in [0.4, 0.5) is 0 Å². The van der Waals surface area contributed by atoms with Gasteiger partial charge < -0.3 is 4.74 Å². The van der Waals surface area contributed by atoms with Gasteiger partial charge in [-0.1, -0.05) is 27.7 Å². The Morgan fingerprint density at radius 3 is 1.86 bits per heavy atom. The Hall–Kier alpha value is -0.0400. The average Bonchev–Trinajstić information content (AvgIpc) is 2.02. The van der Waals surface area contributed by atoms with Crippen molar-refractivity contribution < 1.29 is 4.74 Å². The van der Waals surface area contributed by atoms with Gasteiger partial charge in [0.05, 0.1) is 5.60 Å². The maximum Gasteiger partial charge on any atom is 0.0648 e. The van der Waals surface area contributed by atoms with E-state index in [-0.39, 0.29) is 5.60 Å². The average molecular weight is 200 g/mol. The molecule has 14 heavy (non-hydrogen) atoms. The molecule has 0 N–H and O–H groups in total. The van der Waals surface area contributed by atoms with E-state index in [0.717, 1.165) is 11.8 Å². The van der Waals surface area contributed by atoms with Crippen LogP contribution in [0.25, 0.3) is 0 Å². The lowest BCUT2D eigenvalue weighted by atomic mass is 9.82. The van der Waals surface area contributed by atoms with Gasteiger partial charge in [0.25, 0.3) is 0 Å². The molecule has 0 saturated heterocycles.